The first-order valence-corrected chi connectivity index (χ1v) is 6.32. The molecule has 1 aliphatic carbocycles. The van der Waals surface area contributed by atoms with Gasteiger partial charge in [0.15, 0.2) is 6.10 Å². The molecule has 2 fully saturated rings. The van der Waals surface area contributed by atoms with Crippen molar-refractivity contribution >= 4 is 11.9 Å². The van der Waals surface area contributed by atoms with Crippen LogP contribution in [0.3, 0.4) is 0 Å². The molecule has 7 heteroatoms. The van der Waals surface area contributed by atoms with Crippen LogP contribution in [-0.4, -0.2) is 53.0 Å². The number of ether oxygens (including phenoxy) is 1. The monoisotopic (exact) mass is 272 g/mol. The maximum Gasteiger partial charge on any atom is 0.334 e. The number of carbonyl (C=O) groups is 2. The van der Waals surface area contributed by atoms with Crippen molar-refractivity contribution in [3.8, 4) is 0 Å². The Morgan fingerprint density at radius 1 is 1.53 bits per heavy atom. The second kappa shape index (κ2) is 4.43. The largest absolute Gasteiger partial charge is 0.479 e. The number of nitrogens with one attached hydrogen (secondary N) is 1. The lowest BCUT2D eigenvalue weighted by Crippen LogP contribution is -2.80. The molecule has 1 heterocycles. The highest BCUT2D eigenvalue weighted by Crippen LogP contribution is 2.58. The van der Waals surface area contributed by atoms with E-state index in [9.17, 15) is 9.59 Å². The Morgan fingerprint density at radius 2 is 2.16 bits per heavy atom. The Balaban J connectivity index is 2.04. The number of carboxylic acids is 1. The summed E-state index contributed by atoms with van der Waals surface area (Å²) in [5.74, 6) is -1.85. The van der Waals surface area contributed by atoms with Gasteiger partial charge in [-0.05, 0) is 6.42 Å². The van der Waals surface area contributed by atoms with Crippen molar-refractivity contribution in [1.29, 1.82) is 0 Å². The zero-order chi connectivity index (χ0) is 14.4. The predicted molar refractivity (Wildman–Crippen MR) is 65.2 cm³/mol. The third-order valence-electron chi connectivity index (χ3n) is 4.57. The van der Waals surface area contributed by atoms with E-state index in [1.165, 1.54) is 0 Å². The average Bonchev–Trinajstić information content (AvgIpc) is 2.82. The summed E-state index contributed by atoms with van der Waals surface area (Å²) < 4.78 is 5.57. The molecule has 7 nitrogen and oxygen atoms in total. The van der Waals surface area contributed by atoms with E-state index >= 15 is 0 Å². The average molecular weight is 272 g/mol. The first kappa shape index (κ1) is 14.2. The maximum atomic E-state index is 12.2. The van der Waals surface area contributed by atoms with Crippen LogP contribution in [0.25, 0.3) is 0 Å². The van der Waals surface area contributed by atoms with Gasteiger partial charge in [0.25, 0.3) is 0 Å². The summed E-state index contributed by atoms with van der Waals surface area (Å²) in [7, 11) is 0. The van der Waals surface area contributed by atoms with E-state index in [2.05, 4.69) is 5.32 Å². The third-order valence-corrected chi connectivity index (χ3v) is 4.57. The van der Waals surface area contributed by atoms with Crippen LogP contribution in [0.2, 0.25) is 0 Å². The number of rotatable bonds is 4. The molecule has 1 saturated carbocycles. The SMILES string of the molecule is CC1(C)C2OCCC2C1(N)C(=O)NCC(O)C(=O)O. The van der Waals surface area contributed by atoms with Gasteiger partial charge >= 0.3 is 5.97 Å². The molecular weight excluding hydrogens is 252 g/mol. The van der Waals surface area contributed by atoms with E-state index in [4.69, 9.17) is 20.7 Å². The fourth-order valence-electron chi connectivity index (χ4n) is 3.27. The van der Waals surface area contributed by atoms with E-state index in [1.807, 2.05) is 13.8 Å². The number of carbonyl (C=O) groups excluding carboxylic acids is 1. The molecule has 2 aliphatic rings. The van der Waals surface area contributed by atoms with Crippen LogP contribution in [-0.2, 0) is 14.3 Å². The fraction of sp³-hybridized carbons (Fsp3) is 0.833. The molecule has 0 aromatic carbocycles. The molecule has 108 valence electrons. The van der Waals surface area contributed by atoms with Crippen LogP contribution in [0.5, 0.6) is 0 Å². The molecule has 4 unspecified atom stereocenters. The molecule has 4 atom stereocenters. The molecule has 0 aromatic rings. The van der Waals surface area contributed by atoms with Crippen LogP contribution >= 0.6 is 0 Å². The lowest BCUT2D eigenvalue weighted by Gasteiger charge is -2.60. The molecule has 1 aliphatic heterocycles. The minimum atomic E-state index is -1.62. The number of amides is 1. The summed E-state index contributed by atoms with van der Waals surface area (Å²) in [5.41, 5.74) is 4.67. The van der Waals surface area contributed by atoms with Gasteiger partial charge in [0, 0.05) is 17.9 Å². The van der Waals surface area contributed by atoms with Crippen LogP contribution in [0.4, 0.5) is 0 Å². The number of carboxylic acid groups (broad SMARTS) is 1. The summed E-state index contributed by atoms with van der Waals surface area (Å²) in [6.07, 6.45) is -0.932. The normalized spacial score (nSPS) is 37.1. The number of fused-ring (bicyclic) bond motifs is 1. The summed E-state index contributed by atoms with van der Waals surface area (Å²) in [6, 6.07) is 0. The van der Waals surface area contributed by atoms with Crippen LogP contribution in [0.1, 0.15) is 20.3 Å². The van der Waals surface area contributed by atoms with Crippen molar-refractivity contribution in [2.45, 2.75) is 38.0 Å². The highest BCUT2D eigenvalue weighted by atomic mass is 16.5. The lowest BCUT2D eigenvalue weighted by atomic mass is 9.48. The molecule has 19 heavy (non-hydrogen) atoms. The summed E-state index contributed by atoms with van der Waals surface area (Å²) in [5, 5.41) is 20.2. The Kier molecular flexibility index (Phi) is 3.32. The Bertz CT molecular complexity index is 411. The van der Waals surface area contributed by atoms with Gasteiger partial charge in [0.05, 0.1) is 12.6 Å². The quantitative estimate of drug-likeness (QED) is 0.504. The second-order valence-corrected chi connectivity index (χ2v) is 5.84. The molecule has 5 N–H and O–H groups in total. The summed E-state index contributed by atoms with van der Waals surface area (Å²) >= 11 is 0. The van der Waals surface area contributed by atoms with Gasteiger partial charge < -0.3 is 26.0 Å². The van der Waals surface area contributed by atoms with Gasteiger partial charge in [0.1, 0.15) is 5.54 Å². The minimum absolute atomic E-state index is 0.0346. The van der Waals surface area contributed by atoms with Crippen molar-refractivity contribution < 1.29 is 24.5 Å². The predicted octanol–water partition coefficient (Wildman–Crippen LogP) is -1.31. The van der Waals surface area contributed by atoms with Crippen LogP contribution in [0, 0.1) is 11.3 Å². The molecular formula is C12H20N2O5. The minimum Gasteiger partial charge on any atom is -0.479 e. The number of aliphatic carboxylic acids is 1. The highest BCUT2D eigenvalue weighted by Gasteiger charge is 2.71. The molecule has 0 aromatic heterocycles. The Labute approximate surface area is 111 Å². The number of nitrogens with two attached hydrogens (primary N) is 1. The molecule has 0 spiro atoms. The molecule has 1 saturated heterocycles. The van der Waals surface area contributed by atoms with Gasteiger partial charge in [-0.1, -0.05) is 13.8 Å². The third kappa shape index (κ3) is 1.84. The van der Waals surface area contributed by atoms with Gasteiger partial charge in [-0.15, -0.1) is 0 Å². The first-order chi connectivity index (χ1) is 8.73. The first-order valence-electron chi connectivity index (χ1n) is 6.32. The van der Waals surface area contributed by atoms with Gasteiger partial charge in [-0.3, -0.25) is 4.79 Å². The number of aliphatic hydroxyl groups excluding tert-OH is 1. The standard InChI is InChI=1S/C12H20N2O5/c1-11(2)8-6(3-4-19-8)12(11,13)10(18)14-5-7(15)9(16)17/h6-8,15H,3-5,13H2,1-2H3,(H,14,18)(H,16,17). The zero-order valence-corrected chi connectivity index (χ0v) is 11.0. The van der Waals surface area contributed by atoms with Crippen molar-refractivity contribution in [3.05, 3.63) is 0 Å². The van der Waals surface area contributed by atoms with Crippen molar-refractivity contribution in [1.82, 2.24) is 5.32 Å². The lowest BCUT2D eigenvalue weighted by molar-refractivity contribution is -0.175. The topological polar surface area (TPSA) is 122 Å². The van der Waals surface area contributed by atoms with Crippen molar-refractivity contribution in [3.63, 3.8) is 0 Å². The number of hydrogen-bond acceptors (Lipinski definition) is 5. The highest BCUT2D eigenvalue weighted by molar-refractivity contribution is 5.90. The van der Waals surface area contributed by atoms with Gasteiger partial charge in [0.2, 0.25) is 5.91 Å². The molecule has 0 bridgehead atoms. The van der Waals surface area contributed by atoms with E-state index in [0.29, 0.717) is 6.61 Å². The Morgan fingerprint density at radius 3 is 2.74 bits per heavy atom. The van der Waals surface area contributed by atoms with Crippen molar-refractivity contribution in [2.75, 3.05) is 13.2 Å². The molecule has 2 rings (SSSR count). The fourth-order valence-corrected chi connectivity index (χ4v) is 3.27. The van der Waals surface area contributed by atoms with Gasteiger partial charge in [-0.25, -0.2) is 4.79 Å². The number of aliphatic hydroxyl groups is 1. The van der Waals surface area contributed by atoms with E-state index in [-0.39, 0.29) is 18.6 Å². The number of hydrogen-bond donors (Lipinski definition) is 4. The van der Waals surface area contributed by atoms with Crippen molar-refractivity contribution in [2.24, 2.45) is 17.1 Å². The van der Waals surface area contributed by atoms with Crippen LogP contribution < -0.4 is 11.1 Å². The van der Waals surface area contributed by atoms with E-state index in [1.54, 1.807) is 0 Å². The Hall–Kier alpha value is -1.18. The maximum absolute atomic E-state index is 12.2. The molecule has 1 amide bonds. The van der Waals surface area contributed by atoms with E-state index < -0.39 is 28.9 Å². The van der Waals surface area contributed by atoms with Gasteiger partial charge in [-0.2, -0.15) is 0 Å². The summed E-state index contributed by atoms with van der Waals surface area (Å²) in [4.78, 5) is 22.7. The van der Waals surface area contributed by atoms with Crippen LogP contribution in [0.15, 0.2) is 0 Å². The molecule has 0 radical (unpaired) electrons. The summed E-state index contributed by atoms with van der Waals surface area (Å²) in [6.45, 7) is 3.98. The van der Waals surface area contributed by atoms with E-state index in [0.717, 1.165) is 6.42 Å². The zero-order valence-electron chi connectivity index (χ0n) is 11.0. The second-order valence-electron chi connectivity index (χ2n) is 5.84. The smallest absolute Gasteiger partial charge is 0.334 e.